The van der Waals surface area contributed by atoms with Gasteiger partial charge in [0.1, 0.15) is 5.75 Å². The number of carbonyl (C=O) groups excluding carboxylic acids is 2. The van der Waals surface area contributed by atoms with Crippen molar-refractivity contribution in [3.8, 4) is 5.75 Å². The normalized spacial score (nSPS) is 20.4. The van der Waals surface area contributed by atoms with Crippen molar-refractivity contribution >= 4 is 29.9 Å². The van der Waals surface area contributed by atoms with Crippen LogP contribution < -0.4 is 15.0 Å². The lowest BCUT2D eigenvalue weighted by Gasteiger charge is -2.36. The summed E-state index contributed by atoms with van der Waals surface area (Å²) in [6.45, 7) is 5.87. The quantitative estimate of drug-likeness (QED) is 0.650. The van der Waals surface area contributed by atoms with Gasteiger partial charge in [-0.15, -0.1) is 12.4 Å². The first-order valence-electron chi connectivity index (χ1n) is 9.73. The van der Waals surface area contributed by atoms with E-state index >= 15 is 0 Å². The third-order valence-corrected chi connectivity index (χ3v) is 5.44. The topological polar surface area (TPSA) is 65.1 Å². The molecule has 0 saturated carbocycles. The number of anilines is 1. The number of benzene rings is 1. The lowest BCUT2D eigenvalue weighted by molar-refractivity contribution is -0.139. The third kappa shape index (κ3) is 5.16. The number of nitrogens with one attached hydrogen (secondary N) is 1. The number of carbonyl (C=O) groups is 2. The minimum Gasteiger partial charge on any atom is -0.495 e. The predicted octanol–water partition coefficient (Wildman–Crippen LogP) is 1.22. The summed E-state index contributed by atoms with van der Waals surface area (Å²) in [5.74, 6) is 0.677. The van der Waals surface area contributed by atoms with Gasteiger partial charge in [0.05, 0.1) is 18.7 Å². The van der Waals surface area contributed by atoms with Gasteiger partial charge in [0, 0.05) is 45.7 Å². The first kappa shape index (κ1) is 22.5. The standard InChI is InChI=1S/C20H30N4O3.ClH/c1-21-15-16-14-19(25)24(20(16)26)9-5-8-22-10-12-23(13-11-22)17-6-3-4-7-18(17)27-2;/h3-4,6-7,16,21H,5,8-15H2,1-2H3;1H. The Hall–Kier alpha value is -1.83. The average Bonchev–Trinajstić information content (AvgIpc) is 2.96. The molecule has 0 aromatic heterocycles. The molecule has 1 aromatic rings. The van der Waals surface area contributed by atoms with Crippen LogP contribution in [0.15, 0.2) is 24.3 Å². The summed E-state index contributed by atoms with van der Waals surface area (Å²) in [7, 11) is 3.52. The molecule has 2 aliphatic rings. The highest BCUT2D eigenvalue weighted by Gasteiger charge is 2.37. The largest absolute Gasteiger partial charge is 0.495 e. The number of halogens is 1. The Bertz CT molecular complexity index is 665. The molecule has 28 heavy (non-hydrogen) atoms. The van der Waals surface area contributed by atoms with Crippen LogP contribution in [-0.4, -0.2) is 81.6 Å². The van der Waals surface area contributed by atoms with E-state index in [1.54, 1.807) is 7.11 Å². The maximum atomic E-state index is 12.3. The Morgan fingerprint density at radius 3 is 2.50 bits per heavy atom. The van der Waals surface area contributed by atoms with Crippen LogP contribution in [0.3, 0.4) is 0 Å². The summed E-state index contributed by atoms with van der Waals surface area (Å²) in [6, 6.07) is 8.12. The van der Waals surface area contributed by atoms with Crippen molar-refractivity contribution in [2.75, 3.05) is 64.9 Å². The Labute approximate surface area is 173 Å². The van der Waals surface area contributed by atoms with Crippen LogP contribution in [0.25, 0.3) is 0 Å². The molecule has 2 saturated heterocycles. The van der Waals surface area contributed by atoms with Crippen molar-refractivity contribution in [3.05, 3.63) is 24.3 Å². The molecule has 0 bridgehead atoms. The van der Waals surface area contributed by atoms with Crippen LogP contribution in [0.2, 0.25) is 0 Å². The van der Waals surface area contributed by atoms with Crippen LogP contribution >= 0.6 is 12.4 Å². The molecule has 2 amide bonds. The predicted molar refractivity (Wildman–Crippen MR) is 112 cm³/mol. The summed E-state index contributed by atoms with van der Waals surface area (Å²) in [5, 5.41) is 2.99. The first-order chi connectivity index (χ1) is 13.1. The molecule has 2 heterocycles. The Balaban J connectivity index is 0.00000280. The molecule has 0 radical (unpaired) electrons. The SMILES string of the molecule is CNCC1CC(=O)N(CCCN2CCN(c3ccccc3OC)CC2)C1=O.Cl. The molecular weight excluding hydrogens is 380 g/mol. The number of para-hydroxylation sites is 2. The first-order valence-corrected chi connectivity index (χ1v) is 9.73. The fourth-order valence-electron chi connectivity index (χ4n) is 3.95. The molecule has 0 aliphatic carbocycles. The zero-order chi connectivity index (χ0) is 19.2. The van der Waals surface area contributed by atoms with Crippen LogP contribution in [0.4, 0.5) is 5.69 Å². The Kier molecular flexibility index (Phi) is 8.54. The van der Waals surface area contributed by atoms with E-state index in [0.717, 1.165) is 50.6 Å². The van der Waals surface area contributed by atoms with Crippen LogP contribution in [0.5, 0.6) is 5.75 Å². The second kappa shape index (κ2) is 10.6. The maximum Gasteiger partial charge on any atom is 0.234 e. The highest BCUT2D eigenvalue weighted by Crippen LogP contribution is 2.28. The molecule has 2 fully saturated rings. The zero-order valence-electron chi connectivity index (χ0n) is 16.7. The van der Waals surface area contributed by atoms with Gasteiger partial charge in [0.15, 0.2) is 0 Å². The number of hydrogen-bond donors (Lipinski definition) is 1. The number of ether oxygens (including phenoxy) is 1. The van der Waals surface area contributed by atoms with Crippen molar-refractivity contribution in [2.45, 2.75) is 12.8 Å². The van der Waals surface area contributed by atoms with E-state index in [1.165, 1.54) is 4.90 Å². The third-order valence-electron chi connectivity index (χ3n) is 5.44. The summed E-state index contributed by atoms with van der Waals surface area (Å²) in [5.41, 5.74) is 1.14. The highest BCUT2D eigenvalue weighted by atomic mass is 35.5. The summed E-state index contributed by atoms with van der Waals surface area (Å²) in [4.78, 5) is 30.5. The van der Waals surface area contributed by atoms with Gasteiger partial charge in [-0.25, -0.2) is 0 Å². The molecule has 1 atom stereocenters. The van der Waals surface area contributed by atoms with Gasteiger partial charge in [0.2, 0.25) is 11.8 Å². The molecule has 2 aliphatic heterocycles. The van der Waals surface area contributed by atoms with Crippen molar-refractivity contribution in [2.24, 2.45) is 5.92 Å². The fraction of sp³-hybridized carbons (Fsp3) is 0.600. The molecule has 8 heteroatoms. The van der Waals surface area contributed by atoms with E-state index in [1.807, 2.05) is 25.2 Å². The van der Waals surface area contributed by atoms with Gasteiger partial charge in [-0.2, -0.15) is 0 Å². The molecule has 1 aromatic carbocycles. The van der Waals surface area contributed by atoms with E-state index in [2.05, 4.69) is 21.2 Å². The molecular formula is C20H31ClN4O3. The molecule has 0 spiro atoms. The van der Waals surface area contributed by atoms with E-state index in [9.17, 15) is 9.59 Å². The second-order valence-corrected chi connectivity index (χ2v) is 7.20. The average molecular weight is 411 g/mol. The van der Waals surface area contributed by atoms with Crippen molar-refractivity contribution < 1.29 is 14.3 Å². The molecule has 3 rings (SSSR count). The van der Waals surface area contributed by atoms with Crippen LogP contribution in [0, 0.1) is 5.92 Å². The fourth-order valence-corrected chi connectivity index (χ4v) is 3.95. The minimum absolute atomic E-state index is 0. The minimum atomic E-state index is -0.188. The molecule has 1 N–H and O–H groups in total. The van der Waals surface area contributed by atoms with Gasteiger partial charge in [-0.1, -0.05) is 12.1 Å². The van der Waals surface area contributed by atoms with Crippen LogP contribution in [-0.2, 0) is 9.59 Å². The second-order valence-electron chi connectivity index (χ2n) is 7.20. The summed E-state index contributed by atoms with van der Waals surface area (Å²) in [6.07, 6.45) is 1.18. The monoisotopic (exact) mass is 410 g/mol. The number of imide groups is 1. The van der Waals surface area contributed by atoms with Crippen molar-refractivity contribution in [1.29, 1.82) is 0 Å². The Morgan fingerprint density at radius 1 is 1.11 bits per heavy atom. The van der Waals surface area contributed by atoms with Gasteiger partial charge in [0.25, 0.3) is 0 Å². The van der Waals surface area contributed by atoms with E-state index in [4.69, 9.17) is 4.74 Å². The lowest BCUT2D eigenvalue weighted by atomic mass is 10.1. The highest BCUT2D eigenvalue weighted by molar-refractivity contribution is 6.03. The lowest BCUT2D eigenvalue weighted by Crippen LogP contribution is -2.47. The maximum absolute atomic E-state index is 12.3. The van der Waals surface area contributed by atoms with Gasteiger partial charge < -0.3 is 15.0 Å². The summed E-state index contributed by atoms with van der Waals surface area (Å²) < 4.78 is 5.46. The number of piperazine rings is 1. The Morgan fingerprint density at radius 2 is 1.82 bits per heavy atom. The van der Waals surface area contributed by atoms with E-state index < -0.39 is 0 Å². The molecule has 7 nitrogen and oxygen atoms in total. The number of amides is 2. The van der Waals surface area contributed by atoms with Crippen LogP contribution in [0.1, 0.15) is 12.8 Å². The number of nitrogens with zero attached hydrogens (tertiary/aromatic N) is 3. The van der Waals surface area contributed by atoms with E-state index in [0.29, 0.717) is 19.5 Å². The van der Waals surface area contributed by atoms with Gasteiger partial charge >= 0.3 is 0 Å². The van der Waals surface area contributed by atoms with E-state index in [-0.39, 0.29) is 30.1 Å². The molecule has 1 unspecified atom stereocenters. The van der Waals surface area contributed by atoms with Crippen molar-refractivity contribution in [3.63, 3.8) is 0 Å². The van der Waals surface area contributed by atoms with Crippen molar-refractivity contribution in [1.82, 2.24) is 15.1 Å². The van der Waals surface area contributed by atoms with Gasteiger partial charge in [-0.05, 0) is 32.1 Å². The number of rotatable bonds is 8. The number of methoxy groups -OCH3 is 1. The van der Waals surface area contributed by atoms with Gasteiger partial charge in [-0.3, -0.25) is 19.4 Å². The molecule has 156 valence electrons. The number of likely N-dealkylation sites (tertiary alicyclic amines) is 1. The summed E-state index contributed by atoms with van der Waals surface area (Å²) >= 11 is 0. The number of hydrogen-bond acceptors (Lipinski definition) is 6. The smallest absolute Gasteiger partial charge is 0.234 e. The zero-order valence-corrected chi connectivity index (χ0v) is 17.5.